The van der Waals surface area contributed by atoms with Gasteiger partial charge in [-0.3, -0.25) is 9.48 Å². The number of nitrogens with one attached hydrogen (secondary N) is 1. The van der Waals surface area contributed by atoms with Gasteiger partial charge in [-0.15, -0.1) is 0 Å². The lowest BCUT2D eigenvalue weighted by molar-refractivity contribution is 0.0938. The Bertz CT molecular complexity index is 416. The number of carbonyl (C=O) groups is 1. The van der Waals surface area contributed by atoms with Crippen LogP contribution in [0.3, 0.4) is 0 Å². The zero-order valence-electron chi connectivity index (χ0n) is 11.0. The first-order valence-corrected chi connectivity index (χ1v) is 6.39. The van der Waals surface area contributed by atoms with Gasteiger partial charge in [-0.05, 0) is 38.7 Å². The highest BCUT2D eigenvalue weighted by Gasteiger charge is 2.26. The van der Waals surface area contributed by atoms with Gasteiger partial charge in [0.05, 0.1) is 5.69 Å². The average molecular weight is 235 g/mol. The van der Waals surface area contributed by atoms with E-state index in [0.717, 1.165) is 18.5 Å². The lowest BCUT2D eigenvalue weighted by Crippen LogP contribution is -2.28. The van der Waals surface area contributed by atoms with Crippen LogP contribution in [-0.2, 0) is 0 Å². The average Bonchev–Trinajstić information content (AvgIpc) is 2.93. The number of aromatic nitrogens is 2. The Morgan fingerprint density at radius 1 is 1.41 bits per heavy atom. The predicted octanol–water partition coefficient (Wildman–Crippen LogP) is 2.48. The lowest BCUT2D eigenvalue weighted by Gasteiger charge is -2.10. The molecule has 1 N–H and O–H groups in total. The van der Waals surface area contributed by atoms with Crippen LogP contribution in [0.15, 0.2) is 6.07 Å². The van der Waals surface area contributed by atoms with Gasteiger partial charge in [-0.2, -0.15) is 5.10 Å². The van der Waals surface area contributed by atoms with E-state index in [-0.39, 0.29) is 11.9 Å². The quantitative estimate of drug-likeness (QED) is 0.871. The maximum atomic E-state index is 12.1. The largest absolute Gasteiger partial charge is 0.348 e. The minimum Gasteiger partial charge on any atom is -0.348 e. The molecule has 0 atom stereocenters. The Morgan fingerprint density at radius 3 is 2.53 bits per heavy atom. The molecule has 4 heteroatoms. The molecule has 0 bridgehead atoms. The first-order chi connectivity index (χ1) is 7.99. The Labute approximate surface area is 102 Å². The topological polar surface area (TPSA) is 46.9 Å². The third kappa shape index (κ3) is 2.68. The maximum absolute atomic E-state index is 12.1. The number of rotatable bonds is 4. The van der Waals surface area contributed by atoms with E-state index >= 15 is 0 Å². The second-order valence-electron chi connectivity index (χ2n) is 5.40. The van der Waals surface area contributed by atoms with Crippen LogP contribution < -0.4 is 5.32 Å². The van der Waals surface area contributed by atoms with Crippen LogP contribution in [0.4, 0.5) is 0 Å². The zero-order valence-corrected chi connectivity index (χ0v) is 11.0. The monoisotopic (exact) mass is 235 g/mol. The second-order valence-corrected chi connectivity index (χ2v) is 5.40. The van der Waals surface area contributed by atoms with Gasteiger partial charge in [0.2, 0.25) is 0 Å². The van der Waals surface area contributed by atoms with Gasteiger partial charge in [0.1, 0.15) is 5.69 Å². The van der Waals surface area contributed by atoms with Crippen LogP contribution in [0.25, 0.3) is 0 Å². The van der Waals surface area contributed by atoms with Gasteiger partial charge in [0, 0.05) is 12.1 Å². The minimum atomic E-state index is 0.0144. The molecule has 1 aliphatic rings. The van der Waals surface area contributed by atoms with E-state index in [9.17, 15) is 4.79 Å². The van der Waals surface area contributed by atoms with E-state index in [4.69, 9.17) is 0 Å². The lowest BCUT2D eigenvalue weighted by atomic mass is 10.1. The fraction of sp³-hybridized carbons (Fsp3) is 0.692. The molecule has 0 saturated heterocycles. The molecule has 2 rings (SSSR count). The number of amides is 1. The van der Waals surface area contributed by atoms with E-state index < -0.39 is 0 Å². The van der Waals surface area contributed by atoms with Gasteiger partial charge in [0.15, 0.2) is 0 Å². The van der Waals surface area contributed by atoms with Crippen molar-refractivity contribution in [3.05, 3.63) is 17.5 Å². The number of nitrogens with zero attached hydrogens (tertiary/aromatic N) is 2. The molecular formula is C13H21N3O. The Morgan fingerprint density at radius 2 is 2.06 bits per heavy atom. The zero-order chi connectivity index (χ0) is 12.6. The van der Waals surface area contributed by atoms with E-state index in [2.05, 4.69) is 24.3 Å². The first-order valence-electron chi connectivity index (χ1n) is 6.39. The molecule has 4 nitrogen and oxygen atoms in total. The SMILES string of the molecule is CC(C)c1cc(C(=O)NC2CC2)n(C(C)C)n1. The van der Waals surface area contributed by atoms with E-state index in [1.165, 1.54) is 0 Å². The predicted molar refractivity (Wildman–Crippen MR) is 67.2 cm³/mol. The third-order valence-electron chi connectivity index (χ3n) is 2.98. The molecular weight excluding hydrogens is 214 g/mol. The fourth-order valence-corrected chi connectivity index (χ4v) is 1.75. The van der Waals surface area contributed by atoms with Crippen molar-refractivity contribution >= 4 is 5.91 Å². The van der Waals surface area contributed by atoms with Crippen molar-refractivity contribution in [1.29, 1.82) is 0 Å². The van der Waals surface area contributed by atoms with E-state index in [1.807, 2.05) is 24.6 Å². The summed E-state index contributed by atoms with van der Waals surface area (Å²) in [6.45, 7) is 8.28. The van der Waals surface area contributed by atoms with Crippen LogP contribution in [0.2, 0.25) is 0 Å². The number of carbonyl (C=O) groups excluding carboxylic acids is 1. The van der Waals surface area contributed by atoms with Crippen LogP contribution in [-0.4, -0.2) is 21.7 Å². The summed E-state index contributed by atoms with van der Waals surface area (Å²) in [7, 11) is 0. The molecule has 0 aliphatic heterocycles. The minimum absolute atomic E-state index is 0.0144. The summed E-state index contributed by atoms with van der Waals surface area (Å²) in [5.41, 5.74) is 1.68. The summed E-state index contributed by atoms with van der Waals surface area (Å²) in [6, 6.07) is 2.52. The van der Waals surface area contributed by atoms with Crippen LogP contribution in [0, 0.1) is 0 Å². The summed E-state index contributed by atoms with van der Waals surface area (Å²) in [6.07, 6.45) is 2.22. The third-order valence-corrected chi connectivity index (χ3v) is 2.98. The van der Waals surface area contributed by atoms with Crippen LogP contribution >= 0.6 is 0 Å². The number of hydrogen-bond donors (Lipinski definition) is 1. The smallest absolute Gasteiger partial charge is 0.269 e. The van der Waals surface area contributed by atoms with Gasteiger partial charge >= 0.3 is 0 Å². The molecule has 1 aromatic rings. The standard InChI is InChI=1S/C13H21N3O/c1-8(2)11-7-12(16(15-11)9(3)4)13(17)14-10-5-6-10/h7-10H,5-6H2,1-4H3,(H,14,17). The maximum Gasteiger partial charge on any atom is 0.269 e. The summed E-state index contributed by atoms with van der Waals surface area (Å²) < 4.78 is 1.83. The molecule has 0 radical (unpaired) electrons. The molecule has 1 heterocycles. The van der Waals surface area contributed by atoms with Crippen molar-refractivity contribution in [3.8, 4) is 0 Å². The number of hydrogen-bond acceptors (Lipinski definition) is 2. The van der Waals surface area contributed by atoms with Crippen LogP contribution in [0.5, 0.6) is 0 Å². The molecule has 0 spiro atoms. The van der Waals surface area contributed by atoms with E-state index in [1.54, 1.807) is 0 Å². The van der Waals surface area contributed by atoms with Crippen LogP contribution in [0.1, 0.15) is 68.7 Å². The summed E-state index contributed by atoms with van der Waals surface area (Å²) >= 11 is 0. The van der Waals surface area contributed by atoms with Crippen molar-refractivity contribution in [2.75, 3.05) is 0 Å². The van der Waals surface area contributed by atoms with Crippen molar-refractivity contribution in [3.63, 3.8) is 0 Å². The summed E-state index contributed by atoms with van der Waals surface area (Å²) in [4.78, 5) is 12.1. The fourth-order valence-electron chi connectivity index (χ4n) is 1.75. The van der Waals surface area contributed by atoms with Crippen molar-refractivity contribution in [2.24, 2.45) is 0 Å². The second kappa shape index (κ2) is 4.51. The molecule has 0 aromatic carbocycles. The molecule has 1 fully saturated rings. The highest BCUT2D eigenvalue weighted by atomic mass is 16.2. The summed E-state index contributed by atoms with van der Waals surface area (Å²) in [5.74, 6) is 0.364. The first kappa shape index (κ1) is 12.1. The molecule has 94 valence electrons. The van der Waals surface area contributed by atoms with Gasteiger partial charge in [-0.25, -0.2) is 0 Å². The van der Waals surface area contributed by atoms with Gasteiger partial charge in [0.25, 0.3) is 5.91 Å². The normalized spacial score (nSPS) is 15.6. The van der Waals surface area contributed by atoms with Crippen molar-refractivity contribution < 1.29 is 4.79 Å². The Balaban J connectivity index is 2.25. The van der Waals surface area contributed by atoms with E-state index in [0.29, 0.717) is 17.7 Å². The molecule has 1 aliphatic carbocycles. The van der Waals surface area contributed by atoms with Crippen molar-refractivity contribution in [2.45, 2.75) is 58.5 Å². The summed E-state index contributed by atoms with van der Waals surface area (Å²) in [5, 5.41) is 7.53. The molecule has 0 unspecified atom stereocenters. The van der Waals surface area contributed by atoms with Gasteiger partial charge in [-0.1, -0.05) is 13.8 Å². The van der Waals surface area contributed by atoms with Crippen molar-refractivity contribution in [1.82, 2.24) is 15.1 Å². The Hall–Kier alpha value is -1.32. The highest BCUT2D eigenvalue weighted by molar-refractivity contribution is 5.93. The van der Waals surface area contributed by atoms with Gasteiger partial charge < -0.3 is 5.32 Å². The Kier molecular flexibility index (Phi) is 3.22. The highest BCUT2D eigenvalue weighted by Crippen LogP contribution is 2.21. The molecule has 1 amide bonds. The molecule has 17 heavy (non-hydrogen) atoms. The molecule has 1 saturated carbocycles. The molecule has 1 aromatic heterocycles.